The summed E-state index contributed by atoms with van der Waals surface area (Å²) in [6.07, 6.45) is 7.37. The molecule has 1 rings (SSSR count). The number of guanidine groups is 1. The Labute approximate surface area is 135 Å². The fourth-order valence-electron chi connectivity index (χ4n) is 3.19. The van der Waals surface area contributed by atoms with Crippen molar-refractivity contribution in [2.75, 3.05) is 45.2 Å². The van der Waals surface area contributed by atoms with Crippen LogP contribution in [0, 0.1) is 5.92 Å². The van der Waals surface area contributed by atoms with Crippen LogP contribution in [0.3, 0.4) is 0 Å². The molecule has 0 spiro atoms. The van der Waals surface area contributed by atoms with Crippen LogP contribution in [-0.4, -0.2) is 62.1 Å². The van der Waals surface area contributed by atoms with Gasteiger partial charge in [-0.1, -0.05) is 26.7 Å². The zero-order valence-corrected chi connectivity index (χ0v) is 15.1. The Bertz CT molecular complexity index is 284. The maximum absolute atomic E-state index is 4.34. The van der Waals surface area contributed by atoms with Gasteiger partial charge in [-0.25, -0.2) is 0 Å². The monoisotopic (exact) mass is 314 g/mol. The summed E-state index contributed by atoms with van der Waals surface area (Å²) < 4.78 is 0. The maximum atomic E-state index is 4.34. The van der Waals surface area contributed by atoms with Gasteiger partial charge in [0.2, 0.25) is 0 Å². The number of hydrogen-bond acceptors (Lipinski definition) is 3. The minimum absolute atomic E-state index is 0.640. The molecule has 1 heterocycles. The van der Waals surface area contributed by atoms with Crippen molar-refractivity contribution >= 4 is 17.7 Å². The van der Waals surface area contributed by atoms with E-state index in [0.29, 0.717) is 6.04 Å². The summed E-state index contributed by atoms with van der Waals surface area (Å²) in [5, 5.41) is 6.93. The van der Waals surface area contributed by atoms with Crippen molar-refractivity contribution in [3.63, 3.8) is 0 Å². The molecule has 0 saturated carbocycles. The first-order valence-electron chi connectivity index (χ1n) is 8.44. The van der Waals surface area contributed by atoms with E-state index in [4.69, 9.17) is 0 Å². The third-order valence-corrected chi connectivity index (χ3v) is 5.12. The highest BCUT2D eigenvalue weighted by Gasteiger charge is 2.27. The molecule has 1 aliphatic rings. The molecule has 124 valence electrons. The third-order valence-electron chi connectivity index (χ3n) is 4.50. The first-order chi connectivity index (χ1) is 10.3. The minimum Gasteiger partial charge on any atom is -0.356 e. The van der Waals surface area contributed by atoms with E-state index in [2.05, 4.69) is 40.6 Å². The molecule has 1 saturated heterocycles. The van der Waals surface area contributed by atoms with Gasteiger partial charge in [-0.05, 0) is 38.1 Å². The Morgan fingerprint density at radius 2 is 1.86 bits per heavy atom. The molecule has 1 aliphatic heterocycles. The third kappa shape index (κ3) is 6.47. The number of likely N-dealkylation sites (tertiary alicyclic amines) is 1. The number of aliphatic imine (C=N–C) groups is 1. The summed E-state index contributed by atoms with van der Waals surface area (Å²) in [6, 6.07) is 0.640. The van der Waals surface area contributed by atoms with Gasteiger partial charge in [0.1, 0.15) is 0 Å². The highest BCUT2D eigenvalue weighted by atomic mass is 32.2. The molecule has 1 fully saturated rings. The number of rotatable bonds is 9. The number of hydrogen-bond donors (Lipinski definition) is 2. The van der Waals surface area contributed by atoms with E-state index < -0.39 is 0 Å². The quantitative estimate of drug-likeness (QED) is 0.389. The molecule has 1 unspecified atom stereocenters. The van der Waals surface area contributed by atoms with Gasteiger partial charge in [-0.15, -0.1) is 0 Å². The first kappa shape index (κ1) is 18.6. The van der Waals surface area contributed by atoms with Crippen molar-refractivity contribution < 1.29 is 0 Å². The second-order valence-corrected chi connectivity index (χ2v) is 6.75. The Morgan fingerprint density at radius 3 is 2.38 bits per heavy atom. The van der Waals surface area contributed by atoms with Crippen molar-refractivity contribution in [1.29, 1.82) is 0 Å². The van der Waals surface area contributed by atoms with Crippen LogP contribution in [0.4, 0.5) is 0 Å². The van der Waals surface area contributed by atoms with E-state index in [1.165, 1.54) is 38.8 Å². The van der Waals surface area contributed by atoms with Crippen molar-refractivity contribution in [1.82, 2.24) is 15.5 Å². The van der Waals surface area contributed by atoms with E-state index in [0.717, 1.165) is 30.7 Å². The SMILES string of the molecule is CCC(CC)C(CNC(=NC)NCCSC)N1CCCC1. The predicted molar refractivity (Wildman–Crippen MR) is 96.4 cm³/mol. The van der Waals surface area contributed by atoms with Gasteiger partial charge in [-0.3, -0.25) is 9.89 Å². The Balaban J connectivity index is 2.50. The van der Waals surface area contributed by atoms with E-state index in [1.54, 1.807) is 0 Å². The van der Waals surface area contributed by atoms with Crippen LogP contribution in [0.2, 0.25) is 0 Å². The van der Waals surface area contributed by atoms with E-state index >= 15 is 0 Å². The normalized spacial score (nSPS) is 18.2. The minimum atomic E-state index is 0.640. The van der Waals surface area contributed by atoms with Crippen molar-refractivity contribution in [2.24, 2.45) is 10.9 Å². The van der Waals surface area contributed by atoms with E-state index in [1.807, 2.05) is 18.8 Å². The Hall–Kier alpha value is -0.420. The summed E-state index contributed by atoms with van der Waals surface area (Å²) in [5.41, 5.74) is 0. The van der Waals surface area contributed by atoms with Crippen LogP contribution >= 0.6 is 11.8 Å². The zero-order chi connectivity index (χ0) is 15.5. The van der Waals surface area contributed by atoms with Gasteiger partial charge in [0.05, 0.1) is 0 Å². The summed E-state index contributed by atoms with van der Waals surface area (Å²) in [5.74, 6) is 2.84. The van der Waals surface area contributed by atoms with Crippen molar-refractivity contribution in [3.8, 4) is 0 Å². The average Bonchev–Trinajstić information content (AvgIpc) is 3.03. The summed E-state index contributed by atoms with van der Waals surface area (Å²) in [4.78, 5) is 7.02. The molecule has 2 N–H and O–H groups in total. The van der Waals surface area contributed by atoms with Gasteiger partial charge < -0.3 is 10.6 Å². The van der Waals surface area contributed by atoms with Gasteiger partial charge in [0.15, 0.2) is 5.96 Å². The summed E-state index contributed by atoms with van der Waals surface area (Å²) in [7, 11) is 1.86. The lowest BCUT2D eigenvalue weighted by Gasteiger charge is -2.34. The largest absolute Gasteiger partial charge is 0.356 e. The lowest BCUT2D eigenvalue weighted by Crippen LogP contribution is -2.49. The molecule has 1 atom stereocenters. The van der Waals surface area contributed by atoms with E-state index in [-0.39, 0.29) is 0 Å². The van der Waals surface area contributed by atoms with Gasteiger partial charge >= 0.3 is 0 Å². The predicted octanol–water partition coefficient (Wildman–Crippen LogP) is 2.42. The fourth-order valence-corrected chi connectivity index (χ4v) is 3.50. The van der Waals surface area contributed by atoms with Crippen LogP contribution in [0.1, 0.15) is 39.5 Å². The fraction of sp³-hybridized carbons (Fsp3) is 0.938. The van der Waals surface area contributed by atoms with Crippen molar-refractivity contribution in [3.05, 3.63) is 0 Å². The second-order valence-electron chi connectivity index (χ2n) is 5.76. The highest BCUT2D eigenvalue weighted by molar-refractivity contribution is 7.98. The molecular formula is C16H34N4S. The molecule has 0 amide bonds. The van der Waals surface area contributed by atoms with Gasteiger partial charge in [-0.2, -0.15) is 11.8 Å². The van der Waals surface area contributed by atoms with Crippen molar-refractivity contribution in [2.45, 2.75) is 45.6 Å². The van der Waals surface area contributed by atoms with Crippen LogP contribution in [0.15, 0.2) is 4.99 Å². The number of nitrogens with zero attached hydrogens (tertiary/aromatic N) is 2. The second kappa shape index (κ2) is 11.2. The number of nitrogens with one attached hydrogen (secondary N) is 2. The molecule has 5 heteroatoms. The summed E-state index contributed by atoms with van der Waals surface area (Å²) in [6.45, 7) is 9.15. The zero-order valence-electron chi connectivity index (χ0n) is 14.3. The Kier molecular flexibility index (Phi) is 9.92. The smallest absolute Gasteiger partial charge is 0.191 e. The topological polar surface area (TPSA) is 39.7 Å². The molecule has 0 aromatic rings. The maximum Gasteiger partial charge on any atom is 0.191 e. The summed E-state index contributed by atoms with van der Waals surface area (Å²) >= 11 is 1.86. The molecule has 4 nitrogen and oxygen atoms in total. The lowest BCUT2D eigenvalue weighted by atomic mass is 9.93. The molecule has 0 radical (unpaired) electrons. The average molecular weight is 315 g/mol. The van der Waals surface area contributed by atoms with E-state index in [9.17, 15) is 0 Å². The molecule has 0 aromatic carbocycles. The van der Waals surface area contributed by atoms with Crippen LogP contribution in [0.5, 0.6) is 0 Å². The first-order valence-corrected chi connectivity index (χ1v) is 9.83. The molecule has 0 aliphatic carbocycles. The lowest BCUT2D eigenvalue weighted by molar-refractivity contribution is 0.167. The van der Waals surface area contributed by atoms with Gasteiger partial charge in [0.25, 0.3) is 0 Å². The highest BCUT2D eigenvalue weighted by Crippen LogP contribution is 2.22. The molecule has 0 bridgehead atoms. The Morgan fingerprint density at radius 1 is 1.19 bits per heavy atom. The molecule has 0 aromatic heterocycles. The van der Waals surface area contributed by atoms with Crippen LogP contribution in [0.25, 0.3) is 0 Å². The standard InChI is InChI=1S/C16H34N4S/c1-5-14(6-2)15(20-10-7-8-11-20)13-19-16(17-3)18-9-12-21-4/h14-15H,5-13H2,1-4H3,(H2,17,18,19). The van der Waals surface area contributed by atoms with Crippen LogP contribution in [-0.2, 0) is 0 Å². The molecule has 21 heavy (non-hydrogen) atoms. The molecular weight excluding hydrogens is 280 g/mol. The van der Waals surface area contributed by atoms with Crippen LogP contribution < -0.4 is 10.6 Å². The van der Waals surface area contributed by atoms with Gasteiger partial charge in [0, 0.05) is 31.9 Å². The number of thioether (sulfide) groups is 1.